The Morgan fingerprint density at radius 1 is 1.38 bits per heavy atom. The van der Waals surface area contributed by atoms with Crippen molar-refractivity contribution in [2.24, 2.45) is 0 Å². The van der Waals surface area contributed by atoms with Gasteiger partial charge in [-0.1, -0.05) is 20.8 Å². The van der Waals surface area contributed by atoms with Crippen molar-refractivity contribution < 1.29 is 13.2 Å². The lowest BCUT2D eigenvalue weighted by Gasteiger charge is -2.17. The maximum Gasteiger partial charge on any atom is 0.242 e. The van der Waals surface area contributed by atoms with E-state index in [-0.39, 0.29) is 6.04 Å². The number of sulfonamides is 1. The fourth-order valence-electron chi connectivity index (χ4n) is 1.98. The van der Waals surface area contributed by atoms with Crippen LogP contribution in [0.2, 0.25) is 0 Å². The third kappa shape index (κ3) is 5.34. The minimum Gasteiger partial charge on any atom is -0.383 e. The van der Waals surface area contributed by atoms with Crippen LogP contribution in [0, 0.1) is 6.92 Å². The first-order valence-corrected chi connectivity index (χ1v) is 9.49. The molecule has 0 aromatic carbocycles. The zero-order valence-corrected chi connectivity index (χ0v) is 15.0. The molecule has 2 N–H and O–H groups in total. The molecular formula is C14H26N2O3S2. The van der Waals surface area contributed by atoms with Gasteiger partial charge in [0.1, 0.15) is 4.90 Å². The van der Waals surface area contributed by atoms with Crippen LogP contribution in [0.1, 0.15) is 37.6 Å². The molecule has 21 heavy (non-hydrogen) atoms. The lowest BCUT2D eigenvalue weighted by atomic mass is 10.3. The third-order valence-corrected chi connectivity index (χ3v) is 6.09. The second-order valence-corrected chi connectivity index (χ2v) is 8.00. The average Bonchev–Trinajstić information content (AvgIpc) is 2.77. The molecular weight excluding hydrogens is 308 g/mol. The van der Waals surface area contributed by atoms with E-state index in [2.05, 4.69) is 10.0 Å². The number of hydrogen-bond donors (Lipinski definition) is 2. The molecule has 1 heterocycles. The Balaban J connectivity index is 2.99. The van der Waals surface area contributed by atoms with Crippen molar-refractivity contribution in [1.29, 1.82) is 0 Å². The number of rotatable bonds is 9. The summed E-state index contributed by atoms with van der Waals surface area (Å²) in [5, 5.41) is 5.17. The van der Waals surface area contributed by atoms with Crippen LogP contribution in [0.15, 0.2) is 10.3 Å². The van der Waals surface area contributed by atoms with Gasteiger partial charge in [0.05, 0.1) is 6.61 Å². The predicted molar refractivity (Wildman–Crippen MR) is 87.3 cm³/mol. The van der Waals surface area contributed by atoms with Crippen molar-refractivity contribution in [2.45, 2.75) is 57.6 Å². The maximum absolute atomic E-state index is 12.6. The van der Waals surface area contributed by atoms with Gasteiger partial charge in [0, 0.05) is 30.6 Å². The van der Waals surface area contributed by atoms with Crippen molar-refractivity contribution in [3.63, 3.8) is 0 Å². The van der Waals surface area contributed by atoms with E-state index in [0.29, 0.717) is 30.5 Å². The molecule has 1 atom stereocenters. The monoisotopic (exact) mass is 334 g/mol. The highest BCUT2D eigenvalue weighted by atomic mass is 32.2. The lowest BCUT2D eigenvalue weighted by Crippen LogP contribution is -2.38. The van der Waals surface area contributed by atoms with E-state index in [1.165, 1.54) is 11.3 Å². The van der Waals surface area contributed by atoms with E-state index in [9.17, 15) is 8.42 Å². The standard InChI is InChI=1S/C14H26N2O3S2/c1-6-12(8-19-5)16-21(17,18)14-11(4)9-20-13(14)7-15-10(2)3/h9-10,12,15-16H,6-8H2,1-5H3. The van der Waals surface area contributed by atoms with Gasteiger partial charge in [-0.15, -0.1) is 11.3 Å². The highest BCUT2D eigenvalue weighted by Gasteiger charge is 2.25. The molecule has 1 unspecified atom stereocenters. The van der Waals surface area contributed by atoms with Crippen LogP contribution in [0.3, 0.4) is 0 Å². The number of hydrogen-bond acceptors (Lipinski definition) is 5. The molecule has 7 heteroatoms. The van der Waals surface area contributed by atoms with Gasteiger partial charge in [-0.2, -0.15) is 0 Å². The van der Waals surface area contributed by atoms with Crippen molar-refractivity contribution in [2.75, 3.05) is 13.7 Å². The number of nitrogens with one attached hydrogen (secondary N) is 2. The van der Waals surface area contributed by atoms with Gasteiger partial charge >= 0.3 is 0 Å². The number of thiophene rings is 1. The summed E-state index contributed by atoms with van der Waals surface area (Å²) in [5.74, 6) is 0. The molecule has 1 rings (SSSR count). The molecule has 0 aliphatic carbocycles. The first-order chi connectivity index (χ1) is 9.81. The summed E-state index contributed by atoms with van der Waals surface area (Å²) in [5.41, 5.74) is 0.792. The zero-order chi connectivity index (χ0) is 16.0. The molecule has 0 bridgehead atoms. The number of methoxy groups -OCH3 is 1. The van der Waals surface area contributed by atoms with Crippen LogP contribution < -0.4 is 10.0 Å². The summed E-state index contributed by atoms with van der Waals surface area (Å²) in [6, 6.07) is 0.109. The van der Waals surface area contributed by atoms with Gasteiger partial charge in [-0.25, -0.2) is 13.1 Å². The van der Waals surface area contributed by atoms with E-state index < -0.39 is 10.0 Å². The van der Waals surface area contributed by atoms with E-state index in [1.54, 1.807) is 7.11 Å². The van der Waals surface area contributed by atoms with E-state index >= 15 is 0 Å². The Morgan fingerprint density at radius 2 is 2.05 bits per heavy atom. The molecule has 122 valence electrons. The molecule has 1 aromatic heterocycles. The van der Waals surface area contributed by atoms with E-state index in [1.807, 2.05) is 33.1 Å². The second kappa shape index (κ2) is 8.24. The van der Waals surface area contributed by atoms with Crippen LogP contribution >= 0.6 is 11.3 Å². The minimum absolute atomic E-state index is 0.204. The smallest absolute Gasteiger partial charge is 0.242 e. The molecule has 1 aromatic rings. The Morgan fingerprint density at radius 3 is 2.57 bits per heavy atom. The quantitative estimate of drug-likeness (QED) is 0.727. The highest BCUT2D eigenvalue weighted by Crippen LogP contribution is 2.27. The summed E-state index contributed by atoms with van der Waals surface area (Å²) in [4.78, 5) is 1.26. The van der Waals surface area contributed by atoms with Crippen molar-refractivity contribution in [3.8, 4) is 0 Å². The fraction of sp³-hybridized carbons (Fsp3) is 0.714. The minimum atomic E-state index is -3.52. The predicted octanol–water partition coefficient (Wildman–Crippen LogP) is 2.26. The normalized spacial score (nSPS) is 13.8. The molecule has 0 aliphatic rings. The van der Waals surface area contributed by atoms with Gasteiger partial charge in [0.25, 0.3) is 0 Å². The molecule has 0 spiro atoms. The molecule has 0 saturated heterocycles. The highest BCUT2D eigenvalue weighted by molar-refractivity contribution is 7.89. The van der Waals surface area contributed by atoms with Crippen LogP contribution in [0.5, 0.6) is 0 Å². The Labute approximate surface area is 132 Å². The van der Waals surface area contributed by atoms with Crippen LogP contribution in [0.4, 0.5) is 0 Å². The summed E-state index contributed by atoms with van der Waals surface area (Å²) in [6.45, 7) is 8.79. The van der Waals surface area contributed by atoms with Gasteiger partial charge in [0.15, 0.2) is 0 Å². The van der Waals surface area contributed by atoms with Crippen molar-refractivity contribution >= 4 is 21.4 Å². The summed E-state index contributed by atoms with van der Waals surface area (Å²) >= 11 is 1.48. The SMILES string of the molecule is CCC(COC)NS(=O)(=O)c1c(C)csc1CNC(C)C. The van der Waals surface area contributed by atoms with Gasteiger partial charge in [0.2, 0.25) is 10.0 Å². The van der Waals surface area contributed by atoms with Crippen LogP contribution in [-0.2, 0) is 21.3 Å². The summed E-state index contributed by atoms with van der Waals surface area (Å²) < 4.78 is 33.1. The zero-order valence-electron chi connectivity index (χ0n) is 13.4. The number of aryl methyl sites for hydroxylation is 1. The Kier molecular flexibility index (Phi) is 7.29. The second-order valence-electron chi connectivity index (χ2n) is 5.39. The molecule has 0 aliphatic heterocycles. The van der Waals surface area contributed by atoms with Gasteiger partial charge < -0.3 is 10.1 Å². The molecule has 5 nitrogen and oxygen atoms in total. The lowest BCUT2D eigenvalue weighted by molar-refractivity contribution is 0.173. The first-order valence-electron chi connectivity index (χ1n) is 7.13. The Bertz CT molecular complexity index is 538. The molecule has 0 fully saturated rings. The number of ether oxygens (including phenoxy) is 1. The van der Waals surface area contributed by atoms with Crippen molar-refractivity contribution in [3.05, 3.63) is 15.8 Å². The summed E-state index contributed by atoms with van der Waals surface area (Å²) in [6.07, 6.45) is 0.690. The van der Waals surface area contributed by atoms with Crippen LogP contribution in [-0.4, -0.2) is 34.2 Å². The third-order valence-electron chi connectivity index (χ3n) is 3.11. The van der Waals surface area contributed by atoms with Gasteiger partial charge in [-0.05, 0) is 24.3 Å². The summed E-state index contributed by atoms with van der Waals surface area (Å²) in [7, 11) is -1.95. The topological polar surface area (TPSA) is 67.4 Å². The fourth-order valence-corrected chi connectivity index (χ4v) is 5.05. The van der Waals surface area contributed by atoms with E-state index in [0.717, 1.165) is 10.4 Å². The molecule has 0 amide bonds. The maximum atomic E-state index is 12.6. The first kappa shape index (κ1) is 18.6. The van der Waals surface area contributed by atoms with Crippen molar-refractivity contribution in [1.82, 2.24) is 10.0 Å². The Hall–Kier alpha value is -0.470. The molecule has 0 radical (unpaired) electrons. The largest absolute Gasteiger partial charge is 0.383 e. The van der Waals surface area contributed by atoms with Gasteiger partial charge in [-0.3, -0.25) is 0 Å². The van der Waals surface area contributed by atoms with E-state index in [4.69, 9.17) is 4.74 Å². The molecule has 0 saturated carbocycles. The average molecular weight is 335 g/mol. The van der Waals surface area contributed by atoms with Crippen LogP contribution in [0.25, 0.3) is 0 Å².